The molecule has 1 saturated heterocycles. The van der Waals surface area contributed by atoms with Crippen LogP contribution in [0.1, 0.15) is 20.0 Å². The summed E-state index contributed by atoms with van der Waals surface area (Å²) >= 11 is 1.39. The van der Waals surface area contributed by atoms with E-state index in [-0.39, 0.29) is 11.8 Å². The number of nitrogens with zero attached hydrogens (tertiary/aromatic N) is 4. The fourth-order valence-electron chi connectivity index (χ4n) is 3.36. The standard InChI is InChI=1S/C22H24N6O2S/c29-20(17-4-6-18(7-5-17)26-21(30)19-3-1-16-31-19)23-10-11-27-12-14-28(15-13-27)22-24-8-2-9-25-22/h1-9,16H,10-15H2,(H,23,29)(H,26,30). The number of aromatic nitrogens is 2. The van der Waals surface area contributed by atoms with Crippen LogP contribution in [0.5, 0.6) is 0 Å². The molecular formula is C22H24N6O2S. The van der Waals surface area contributed by atoms with Crippen LogP contribution < -0.4 is 15.5 Å². The summed E-state index contributed by atoms with van der Waals surface area (Å²) in [5.74, 6) is 0.504. The van der Waals surface area contributed by atoms with Crippen LogP contribution in [0.4, 0.5) is 11.6 Å². The second-order valence-electron chi connectivity index (χ2n) is 7.14. The molecule has 1 aliphatic rings. The minimum atomic E-state index is -0.147. The fourth-order valence-corrected chi connectivity index (χ4v) is 3.98. The van der Waals surface area contributed by atoms with Crippen molar-refractivity contribution in [2.24, 2.45) is 0 Å². The minimum Gasteiger partial charge on any atom is -0.351 e. The molecule has 2 aromatic heterocycles. The summed E-state index contributed by atoms with van der Waals surface area (Å²) in [4.78, 5) is 38.2. The lowest BCUT2D eigenvalue weighted by Gasteiger charge is -2.34. The summed E-state index contributed by atoms with van der Waals surface area (Å²) < 4.78 is 0. The summed E-state index contributed by atoms with van der Waals surface area (Å²) in [6.07, 6.45) is 3.52. The molecule has 0 aliphatic carbocycles. The number of hydrogen-bond donors (Lipinski definition) is 2. The van der Waals surface area contributed by atoms with Crippen molar-refractivity contribution in [1.82, 2.24) is 20.2 Å². The Morgan fingerprint density at radius 1 is 0.935 bits per heavy atom. The molecule has 2 amide bonds. The van der Waals surface area contributed by atoms with Gasteiger partial charge in [-0.2, -0.15) is 0 Å². The second kappa shape index (κ2) is 10.1. The molecule has 3 heterocycles. The summed E-state index contributed by atoms with van der Waals surface area (Å²) in [5.41, 5.74) is 1.23. The molecule has 0 unspecified atom stereocenters. The third-order valence-electron chi connectivity index (χ3n) is 5.07. The molecule has 0 bridgehead atoms. The maximum atomic E-state index is 12.4. The Morgan fingerprint density at radius 2 is 1.68 bits per heavy atom. The number of nitrogens with one attached hydrogen (secondary N) is 2. The maximum Gasteiger partial charge on any atom is 0.265 e. The van der Waals surface area contributed by atoms with Crippen molar-refractivity contribution in [2.75, 3.05) is 49.5 Å². The highest BCUT2D eigenvalue weighted by Gasteiger charge is 2.18. The van der Waals surface area contributed by atoms with Gasteiger partial charge >= 0.3 is 0 Å². The number of hydrogen-bond acceptors (Lipinski definition) is 7. The number of thiophene rings is 1. The first kappa shape index (κ1) is 21.0. The third-order valence-corrected chi connectivity index (χ3v) is 5.94. The summed E-state index contributed by atoms with van der Waals surface area (Å²) in [7, 11) is 0. The van der Waals surface area contributed by atoms with E-state index in [0.717, 1.165) is 38.7 Å². The van der Waals surface area contributed by atoms with E-state index >= 15 is 0 Å². The highest BCUT2D eigenvalue weighted by atomic mass is 32.1. The topological polar surface area (TPSA) is 90.5 Å². The molecule has 1 aliphatic heterocycles. The number of rotatable bonds is 7. The molecule has 2 N–H and O–H groups in total. The highest BCUT2D eigenvalue weighted by molar-refractivity contribution is 7.12. The van der Waals surface area contributed by atoms with E-state index in [0.29, 0.717) is 22.7 Å². The lowest BCUT2D eigenvalue weighted by Crippen LogP contribution is -2.49. The lowest BCUT2D eigenvalue weighted by atomic mass is 10.2. The first-order valence-electron chi connectivity index (χ1n) is 10.2. The number of benzene rings is 1. The van der Waals surface area contributed by atoms with Gasteiger partial charge in [0.25, 0.3) is 11.8 Å². The van der Waals surface area contributed by atoms with Gasteiger partial charge in [-0.1, -0.05) is 6.07 Å². The van der Waals surface area contributed by atoms with Gasteiger partial charge in [-0.25, -0.2) is 9.97 Å². The summed E-state index contributed by atoms with van der Waals surface area (Å²) in [5, 5.41) is 7.66. The van der Waals surface area contributed by atoms with Crippen LogP contribution in [0.15, 0.2) is 60.2 Å². The molecule has 4 rings (SSSR count). The first-order chi connectivity index (χ1) is 15.2. The largest absolute Gasteiger partial charge is 0.351 e. The van der Waals surface area contributed by atoms with Gasteiger partial charge in [0.2, 0.25) is 5.95 Å². The van der Waals surface area contributed by atoms with E-state index in [9.17, 15) is 9.59 Å². The van der Waals surface area contributed by atoms with Crippen molar-refractivity contribution < 1.29 is 9.59 Å². The molecule has 1 aromatic carbocycles. The van der Waals surface area contributed by atoms with Gasteiger partial charge in [-0.15, -0.1) is 11.3 Å². The van der Waals surface area contributed by atoms with Crippen molar-refractivity contribution in [3.63, 3.8) is 0 Å². The van der Waals surface area contributed by atoms with Crippen molar-refractivity contribution >= 4 is 34.8 Å². The van der Waals surface area contributed by atoms with Gasteiger partial charge in [0.15, 0.2) is 0 Å². The van der Waals surface area contributed by atoms with E-state index in [1.807, 2.05) is 17.5 Å². The average molecular weight is 437 g/mol. The Kier molecular flexibility index (Phi) is 6.85. The van der Waals surface area contributed by atoms with Crippen molar-refractivity contribution in [3.05, 3.63) is 70.7 Å². The molecule has 0 saturated carbocycles. The second-order valence-corrected chi connectivity index (χ2v) is 8.09. The van der Waals surface area contributed by atoms with Crippen LogP contribution >= 0.6 is 11.3 Å². The SMILES string of the molecule is O=C(NCCN1CCN(c2ncccn2)CC1)c1ccc(NC(=O)c2cccs2)cc1. The molecular weight excluding hydrogens is 412 g/mol. The Bertz CT molecular complexity index is 987. The Balaban J connectivity index is 1.18. The lowest BCUT2D eigenvalue weighted by molar-refractivity contribution is 0.0947. The van der Waals surface area contributed by atoms with E-state index in [1.165, 1.54) is 11.3 Å². The van der Waals surface area contributed by atoms with Gasteiger partial charge in [0.05, 0.1) is 4.88 Å². The molecule has 160 valence electrons. The minimum absolute atomic E-state index is 0.118. The van der Waals surface area contributed by atoms with Crippen molar-refractivity contribution in [3.8, 4) is 0 Å². The fraction of sp³-hybridized carbons (Fsp3) is 0.273. The van der Waals surface area contributed by atoms with E-state index in [4.69, 9.17) is 0 Å². The van der Waals surface area contributed by atoms with E-state index in [2.05, 4.69) is 30.4 Å². The number of carbonyl (C=O) groups is 2. The maximum absolute atomic E-state index is 12.4. The molecule has 0 radical (unpaired) electrons. The molecule has 1 fully saturated rings. The first-order valence-corrected chi connectivity index (χ1v) is 11.0. The Hall–Kier alpha value is -3.30. The Labute approximate surface area is 184 Å². The zero-order chi connectivity index (χ0) is 21.5. The zero-order valence-electron chi connectivity index (χ0n) is 17.0. The smallest absolute Gasteiger partial charge is 0.265 e. The van der Waals surface area contributed by atoms with Crippen LogP contribution in [0.2, 0.25) is 0 Å². The highest BCUT2D eigenvalue weighted by Crippen LogP contribution is 2.14. The van der Waals surface area contributed by atoms with Gasteiger partial charge in [-0.3, -0.25) is 14.5 Å². The number of piperazine rings is 1. The Morgan fingerprint density at radius 3 is 2.35 bits per heavy atom. The van der Waals surface area contributed by atoms with Gasteiger partial charge in [0, 0.05) is 62.9 Å². The number of anilines is 2. The quantitative estimate of drug-likeness (QED) is 0.591. The summed E-state index contributed by atoms with van der Waals surface area (Å²) in [6, 6.07) is 12.4. The van der Waals surface area contributed by atoms with E-state index < -0.39 is 0 Å². The van der Waals surface area contributed by atoms with Gasteiger partial charge in [0.1, 0.15) is 0 Å². The predicted molar refractivity (Wildman–Crippen MR) is 122 cm³/mol. The number of amides is 2. The van der Waals surface area contributed by atoms with Crippen molar-refractivity contribution in [2.45, 2.75) is 0 Å². The van der Waals surface area contributed by atoms with Crippen LogP contribution in [0.25, 0.3) is 0 Å². The summed E-state index contributed by atoms with van der Waals surface area (Å²) in [6.45, 7) is 4.94. The van der Waals surface area contributed by atoms with Gasteiger partial charge < -0.3 is 15.5 Å². The average Bonchev–Trinajstić information content (AvgIpc) is 3.36. The normalized spacial score (nSPS) is 14.3. The molecule has 3 aromatic rings. The molecule has 0 atom stereocenters. The van der Waals surface area contributed by atoms with Crippen LogP contribution in [0, 0.1) is 0 Å². The monoisotopic (exact) mass is 436 g/mol. The van der Waals surface area contributed by atoms with Crippen molar-refractivity contribution in [1.29, 1.82) is 0 Å². The zero-order valence-corrected chi connectivity index (χ0v) is 17.8. The molecule has 31 heavy (non-hydrogen) atoms. The predicted octanol–water partition coefficient (Wildman–Crippen LogP) is 2.34. The molecule has 0 spiro atoms. The van der Waals surface area contributed by atoms with Crippen LogP contribution in [-0.4, -0.2) is 66.0 Å². The van der Waals surface area contributed by atoms with Crippen LogP contribution in [-0.2, 0) is 0 Å². The van der Waals surface area contributed by atoms with E-state index in [1.54, 1.807) is 42.7 Å². The van der Waals surface area contributed by atoms with Crippen LogP contribution in [0.3, 0.4) is 0 Å². The third kappa shape index (κ3) is 5.65. The molecule has 9 heteroatoms. The van der Waals surface area contributed by atoms with Gasteiger partial charge in [-0.05, 0) is 41.8 Å². The molecule has 8 nitrogen and oxygen atoms in total. The number of carbonyl (C=O) groups excluding carboxylic acids is 2.